The number of cyclic esters (lactones) is 1. The van der Waals surface area contributed by atoms with Gasteiger partial charge in [-0.05, 0) is 12.1 Å². The molecule has 1 aromatic carbocycles. The Bertz CT molecular complexity index is 389. The van der Waals surface area contributed by atoms with Crippen LogP contribution in [0.15, 0.2) is 12.1 Å². The number of aliphatic hydroxyl groups is 1. The Morgan fingerprint density at radius 3 is 2.62 bits per heavy atom. The number of carbonyl (C=O) groups is 1. The molecule has 0 saturated carbocycles. The lowest BCUT2D eigenvalue weighted by molar-refractivity contribution is -0.0547. The highest BCUT2D eigenvalue weighted by Crippen LogP contribution is 2.34. The molecule has 1 aliphatic heterocycles. The molecule has 3 nitrogen and oxygen atoms in total. The van der Waals surface area contributed by atoms with Gasteiger partial charge in [-0.25, -0.2) is 4.79 Å². The van der Waals surface area contributed by atoms with Gasteiger partial charge in [-0.1, -0.05) is 23.2 Å². The van der Waals surface area contributed by atoms with Crippen molar-refractivity contribution in [2.24, 2.45) is 0 Å². The molecule has 0 saturated heterocycles. The lowest BCUT2D eigenvalue weighted by Gasteiger charge is -2.01. The fourth-order valence-electron chi connectivity index (χ4n) is 1.17. The van der Waals surface area contributed by atoms with Gasteiger partial charge in [0.05, 0.1) is 15.6 Å². The summed E-state index contributed by atoms with van der Waals surface area (Å²) in [6, 6.07) is 2.81. The molecule has 1 heterocycles. The number of benzene rings is 1. The Morgan fingerprint density at radius 2 is 1.92 bits per heavy atom. The van der Waals surface area contributed by atoms with Crippen LogP contribution in [0.4, 0.5) is 0 Å². The Kier molecular flexibility index (Phi) is 1.95. The minimum absolute atomic E-state index is 0.266. The molecule has 0 fully saturated rings. The summed E-state index contributed by atoms with van der Waals surface area (Å²) in [5.41, 5.74) is 0.626. The van der Waals surface area contributed by atoms with E-state index >= 15 is 0 Å². The third kappa shape index (κ3) is 1.29. The number of esters is 1. The van der Waals surface area contributed by atoms with Crippen molar-refractivity contribution < 1.29 is 14.6 Å². The first-order valence-electron chi connectivity index (χ1n) is 3.47. The third-order valence-corrected chi connectivity index (χ3v) is 2.52. The Hall–Kier alpha value is -0.770. The maximum Gasteiger partial charge on any atom is 0.341 e. The van der Waals surface area contributed by atoms with E-state index in [0.29, 0.717) is 5.56 Å². The van der Waals surface area contributed by atoms with Crippen molar-refractivity contribution in [3.8, 4) is 0 Å². The highest BCUT2D eigenvalue weighted by Gasteiger charge is 2.30. The standard InChI is InChI=1S/C8H4Cl2O3/c9-5-1-3-4(2-6(5)10)8(12)13-7(3)11/h1-2,7,11H/t7-/m0/s1. The van der Waals surface area contributed by atoms with Gasteiger partial charge in [0.15, 0.2) is 0 Å². The Labute approximate surface area is 83.8 Å². The molecule has 0 unspecified atom stereocenters. The molecule has 2 rings (SSSR count). The van der Waals surface area contributed by atoms with E-state index in [1.165, 1.54) is 12.1 Å². The van der Waals surface area contributed by atoms with E-state index in [-0.39, 0.29) is 15.6 Å². The van der Waals surface area contributed by atoms with Gasteiger partial charge in [-0.3, -0.25) is 0 Å². The molecule has 1 aromatic rings. The summed E-state index contributed by atoms with van der Waals surface area (Å²) in [5, 5.41) is 9.78. The Morgan fingerprint density at radius 1 is 1.31 bits per heavy atom. The van der Waals surface area contributed by atoms with Crippen LogP contribution in [-0.2, 0) is 4.74 Å². The average molecular weight is 219 g/mol. The maximum atomic E-state index is 11.1. The SMILES string of the molecule is O=C1O[C@H](O)c2cc(Cl)c(Cl)cc21. The zero-order valence-corrected chi connectivity index (χ0v) is 7.76. The second kappa shape index (κ2) is 2.87. The number of halogens is 2. The molecule has 0 amide bonds. The zero-order valence-electron chi connectivity index (χ0n) is 6.25. The number of hydrogen-bond donors (Lipinski definition) is 1. The molecule has 5 heteroatoms. The van der Waals surface area contributed by atoms with Gasteiger partial charge in [-0.15, -0.1) is 0 Å². The third-order valence-electron chi connectivity index (χ3n) is 1.80. The van der Waals surface area contributed by atoms with E-state index < -0.39 is 12.3 Å². The van der Waals surface area contributed by atoms with Gasteiger partial charge >= 0.3 is 5.97 Å². The smallest absolute Gasteiger partial charge is 0.341 e. The molecule has 0 spiro atoms. The van der Waals surface area contributed by atoms with Gasteiger partial charge < -0.3 is 9.84 Å². The molecule has 68 valence electrons. The number of hydrogen-bond acceptors (Lipinski definition) is 3. The van der Waals surface area contributed by atoms with Gasteiger partial charge in [0.1, 0.15) is 0 Å². The van der Waals surface area contributed by atoms with Crippen LogP contribution in [-0.4, -0.2) is 11.1 Å². The van der Waals surface area contributed by atoms with Crippen LogP contribution in [0.5, 0.6) is 0 Å². The lowest BCUT2D eigenvalue weighted by Crippen LogP contribution is -1.95. The van der Waals surface area contributed by atoms with Crippen molar-refractivity contribution >= 4 is 29.2 Å². The first-order valence-corrected chi connectivity index (χ1v) is 4.23. The fourth-order valence-corrected chi connectivity index (χ4v) is 1.51. The second-order valence-electron chi connectivity index (χ2n) is 2.61. The summed E-state index contributed by atoms with van der Waals surface area (Å²) in [5.74, 6) is -0.582. The number of ether oxygens (including phenoxy) is 1. The van der Waals surface area contributed by atoms with E-state index in [0.717, 1.165) is 0 Å². The molecule has 13 heavy (non-hydrogen) atoms. The summed E-state index contributed by atoms with van der Waals surface area (Å²) in [6.45, 7) is 0. The van der Waals surface area contributed by atoms with Crippen LogP contribution in [0.1, 0.15) is 22.2 Å². The molecule has 1 N–H and O–H groups in total. The largest absolute Gasteiger partial charge is 0.428 e. The van der Waals surface area contributed by atoms with Crippen molar-refractivity contribution in [2.45, 2.75) is 6.29 Å². The zero-order chi connectivity index (χ0) is 9.59. The first kappa shape index (κ1) is 8.81. The Balaban J connectivity index is 2.65. The highest BCUT2D eigenvalue weighted by molar-refractivity contribution is 6.42. The minimum atomic E-state index is -1.22. The molecule has 1 aliphatic rings. The van der Waals surface area contributed by atoms with Crippen molar-refractivity contribution in [1.29, 1.82) is 0 Å². The molecular weight excluding hydrogens is 215 g/mol. The maximum absolute atomic E-state index is 11.1. The number of rotatable bonds is 0. The van der Waals surface area contributed by atoms with E-state index in [9.17, 15) is 9.90 Å². The molecule has 0 bridgehead atoms. The van der Waals surface area contributed by atoms with Crippen LogP contribution < -0.4 is 0 Å². The van der Waals surface area contributed by atoms with E-state index in [4.69, 9.17) is 23.2 Å². The van der Waals surface area contributed by atoms with E-state index in [1.807, 2.05) is 0 Å². The van der Waals surface area contributed by atoms with Gasteiger partial charge in [-0.2, -0.15) is 0 Å². The van der Waals surface area contributed by atoms with Gasteiger partial charge in [0.2, 0.25) is 6.29 Å². The van der Waals surface area contributed by atoms with Crippen molar-refractivity contribution in [3.05, 3.63) is 33.3 Å². The van der Waals surface area contributed by atoms with Crippen LogP contribution in [0.3, 0.4) is 0 Å². The summed E-state index contributed by atoms with van der Waals surface area (Å²) < 4.78 is 4.54. The number of fused-ring (bicyclic) bond motifs is 1. The molecule has 0 aromatic heterocycles. The topological polar surface area (TPSA) is 46.5 Å². The van der Waals surface area contributed by atoms with Crippen molar-refractivity contribution in [3.63, 3.8) is 0 Å². The summed E-state index contributed by atoms with van der Waals surface area (Å²) >= 11 is 11.4. The van der Waals surface area contributed by atoms with Crippen molar-refractivity contribution in [1.82, 2.24) is 0 Å². The van der Waals surface area contributed by atoms with Crippen molar-refractivity contribution in [2.75, 3.05) is 0 Å². The normalized spacial score (nSPS) is 19.9. The molecule has 1 atom stereocenters. The quantitative estimate of drug-likeness (QED) is 0.680. The summed E-state index contributed by atoms with van der Waals surface area (Å²) in [6.07, 6.45) is -1.22. The lowest BCUT2D eigenvalue weighted by atomic mass is 10.1. The number of aliphatic hydroxyl groups excluding tert-OH is 1. The van der Waals surface area contributed by atoms with Crippen LogP contribution in [0.2, 0.25) is 10.0 Å². The molecule has 0 aliphatic carbocycles. The predicted octanol–water partition coefficient (Wildman–Crippen LogP) is 2.15. The minimum Gasteiger partial charge on any atom is -0.428 e. The van der Waals surface area contributed by atoms with Crippen LogP contribution in [0.25, 0.3) is 0 Å². The number of carbonyl (C=O) groups excluding carboxylic acids is 1. The second-order valence-corrected chi connectivity index (χ2v) is 3.43. The van der Waals surface area contributed by atoms with Gasteiger partial charge in [0.25, 0.3) is 0 Å². The van der Waals surface area contributed by atoms with Crippen LogP contribution >= 0.6 is 23.2 Å². The van der Waals surface area contributed by atoms with E-state index in [2.05, 4.69) is 4.74 Å². The van der Waals surface area contributed by atoms with Crippen LogP contribution in [0, 0.1) is 0 Å². The highest BCUT2D eigenvalue weighted by atomic mass is 35.5. The molecule has 0 radical (unpaired) electrons. The van der Waals surface area contributed by atoms with E-state index in [1.54, 1.807) is 0 Å². The fraction of sp³-hybridized carbons (Fsp3) is 0.125. The monoisotopic (exact) mass is 218 g/mol. The predicted molar refractivity (Wildman–Crippen MR) is 46.8 cm³/mol. The summed E-state index contributed by atoms with van der Waals surface area (Å²) in [7, 11) is 0. The average Bonchev–Trinajstić information content (AvgIpc) is 2.31. The molecular formula is C8H4Cl2O3. The summed E-state index contributed by atoms with van der Waals surface area (Å²) in [4.78, 5) is 11.1. The first-order chi connectivity index (χ1) is 6.09. The van der Waals surface area contributed by atoms with Gasteiger partial charge in [0, 0.05) is 5.56 Å².